The molecular formula is C22H18F2N2O3. The Morgan fingerprint density at radius 2 is 1.59 bits per heavy atom. The van der Waals surface area contributed by atoms with Gasteiger partial charge in [-0.1, -0.05) is 30.3 Å². The van der Waals surface area contributed by atoms with Crippen molar-refractivity contribution in [1.29, 1.82) is 0 Å². The van der Waals surface area contributed by atoms with E-state index in [1.54, 1.807) is 6.07 Å². The molecule has 2 amide bonds. The number of carbonyl (C=O) groups excluding carboxylic acids is 2. The molecule has 3 N–H and O–H groups in total. The lowest BCUT2D eigenvalue weighted by molar-refractivity contribution is -0.0503. The molecule has 0 aromatic heterocycles. The van der Waals surface area contributed by atoms with Gasteiger partial charge in [-0.15, -0.1) is 0 Å². The van der Waals surface area contributed by atoms with Gasteiger partial charge in [0, 0.05) is 28.8 Å². The number of alkyl halides is 2. The highest BCUT2D eigenvalue weighted by molar-refractivity contribution is 6.05. The summed E-state index contributed by atoms with van der Waals surface area (Å²) in [6.07, 6.45) is 0.361. The summed E-state index contributed by atoms with van der Waals surface area (Å²) in [5.41, 5.74) is 7.66. The van der Waals surface area contributed by atoms with Crippen molar-refractivity contribution in [3.63, 3.8) is 0 Å². The molecule has 0 atom stereocenters. The summed E-state index contributed by atoms with van der Waals surface area (Å²) in [5.74, 6) is -0.945. The minimum atomic E-state index is -2.95. The number of carbonyl (C=O) groups is 2. The molecule has 0 aliphatic heterocycles. The van der Waals surface area contributed by atoms with E-state index < -0.39 is 18.4 Å². The highest BCUT2D eigenvalue weighted by atomic mass is 19.3. The summed E-state index contributed by atoms with van der Waals surface area (Å²) in [4.78, 5) is 23.6. The van der Waals surface area contributed by atoms with Crippen molar-refractivity contribution in [3.8, 4) is 5.75 Å². The number of nitrogens with one attached hydrogen (secondary N) is 1. The summed E-state index contributed by atoms with van der Waals surface area (Å²) >= 11 is 0. The van der Waals surface area contributed by atoms with E-state index in [4.69, 9.17) is 5.73 Å². The van der Waals surface area contributed by atoms with Gasteiger partial charge in [-0.3, -0.25) is 9.59 Å². The number of benzene rings is 3. The lowest BCUT2D eigenvalue weighted by Gasteiger charge is -2.13. The van der Waals surface area contributed by atoms with Gasteiger partial charge < -0.3 is 15.8 Å². The maximum absolute atomic E-state index is 12.7. The molecule has 0 aliphatic carbocycles. The minimum Gasteiger partial charge on any atom is -0.435 e. The number of halogens is 2. The summed E-state index contributed by atoms with van der Waals surface area (Å²) in [7, 11) is 0. The second-order valence-electron chi connectivity index (χ2n) is 6.26. The molecule has 0 radical (unpaired) electrons. The first-order valence-corrected chi connectivity index (χ1v) is 8.75. The third kappa shape index (κ3) is 5.38. The second kappa shape index (κ2) is 8.97. The van der Waals surface area contributed by atoms with Crippen LogP contribution in [0.4, 0.5) is 14.5 Å². The molecule has 7 heteroatoms. The van der Waals surface area contributed by atoms with Gasteiger partial charge in [0.2, 0.25) is 5.91 Å². The van der Waals surface area contributed by atoms with Crippen LogP contribution in [-0.2, 0) is 6.42 Å². The number of hydrogen-bond acceptors (Lipinski definition) is 3. The van der Waals surface area contributed by atoms with E-state index in [-0.39, 0.29) is 5.75 Å². The Morgan fingerprint density at radius 3 is 2.21 bits per heavy atom. The number of anilines is 1. The molecule has 0 spiro atoms. The zero-order valence-corrected chi connectivity index (χ0v) is 15.3. The third-order valence-electron chi connectivity index (χ3n) is 4.20. The lowest BCUT2D eigenvalue weighted by Crippen LogP contribution is -2.14. The van der Waals surface area contributed by atoms with Crippen LogP contribution in [0.5, 0.6) is 5.75 Å². The Morgan fingerprint density at radius 1 is 0.931 bits per heavy atom. The fraction of sp³-hybridized carbons (Fsp3) is 0.0909. The summed E-state index contributed by atoms with van der Waals surface area (Å²) in [5, 5.41) is 2.72. The van der Waals surface area contributed by atoms with Gasteiger partial charge >= 0.3 is 6.61 Å². The Kier molecular flexibility index (Phi) is 6.19. The largest absolute Gasteiger partial charge is 0.435 e. The van der Waals surface area contributed by atoms with Gasteiger partial charge in [0.15, 0.2) is 0 Å². The maximum atomic E-state index is 12.7. The fourth-order valence-corrected chi connectivity index (χ4v) is 2.81. The van der Waals surface area contributed by atoms with E-state index in [0.29, 0.717) is 28.8 Å². The van der Waals surface area contributed by atoms with Crippen LogP contribution >= 0.6 is 0 Å². The molecule has 0 aliphatic rings. The molecule has 148 valence electrons. The quantitative estimate of drug-likeness (QED) is 0.627. The number of rotatable bonds is 7. The van der Waals surface area contributed by atoms with E-state index in [2.05, 4.69) is 10.1 Å². The van der Waals surface area contributed by atoms with Gasteiger partial charge in [-0.05, 0) is 48.0 Å². The first-order chi connectivity index (χ1) is 13.9. The van der Waals surface area contributed by atoms with Crippen LogP contribution in [0.1, 0.15) is 31.8 Å². The molecule has 3 rings (SSSR count). The van der Waals surface area contributed by atoms with Gasteiger partial charge in [-0.2, -0.15) is 8.78 Å². The Balaban J connectivity index is 1.82. The fourth-order valence-electron chi connectivity index (χ4n) is 2.81. The molecule has 3 aromatic carbocycles. The molecule has 0 fully saturated rings. The van der Waals surface area contributed by atoms with Crippen LogP contribution < -0.4 is 15.8 Å². The first-order valence-electron chi connectivity index (χ1n) is 8.75. The van der Waals surface area contributed by atoms with Crippen LogP contribution in [0.3, 0.4) is 0 Å². The average molecular weight is 396 g/mol. The molecule has 29 heavy (non-hydrogen) atoms. The van der Waals surface area contributed by atoms with Crippen LogP contribution in [0, 0.1) is 0 Å². The Bertz CT molecular complexity index is 1010. The topological polar surface area (TPSA) is 81.4 Å². The third-order valence-corrected chi connectivity index (χ3v) is 4.20. The van der Waals surface area contributed by atoms with Crippen LogP contribution in [0.15, 0.2) is 72.8 Å². The molecular weight excluding hydrogens is 378 g/mol. The van der Waals surface area contributed by atoms with E-state index in [1.807, 2.05) is 30.3 Å². The Hall–Kier alpha value is -3.74. The molecule has 0 unspecified atom stereocenters. The normalized spacial score (nSPS) is 10.6. The zero-order chi connectivity index (χ0) is 20.8. The smallest absolute Gasteiger partial charge is 0.387 e. The van der Waals surface area contributed by atoms with Crippen molar-refractivity contribution in [2.24, 2.45) is 5.73 Å². The molecule has 0 saturated heterocycles. The summed E-state index contributed by atoms with van der Waals surface area (Å²) < 4.78 is 30.1. The lowest BCUT2D eigenvalue weighted by atomic mass is 10.0. The molecule has 3 aromatic rings. The van der Waals surface area contributed by atoms with Crippen LogP contribution in [0.2, 0.25) is 0 Å². The van der Waals surface area contributed by atoms with Crippen molar-refractivity contribution in [2.45, 2.75) is 13.0 Å². The summed E-state index contributed by atoms with van der Waals surface area (Å²) in [6, 6.07) is 19.7. The molecule has 0 heterocycles. The molecule has 5 nitrogen and oxygen atoms in total. The van der Waals surface area contributed by atoms with Crippen LogP contribution in [-0.4, -0.2) is 18.4 Å². The van der Waals surface area contributed by atoms with E-state index in [1.165, 1.54) is 36.4 Å². The molecule has 0 saturated carbocycles. The maximum Gasteiger partial charge on any atom is 0.387 e. The average Bonchev–Trinajstić information content (AvgIpc) is 2.70. The number of ether oxygens (including phenoxy) is 1. The van der Waals surface area contributed by atoms with E-state index in [0.717, 1.165) is 5.56 Å². The summed E-state index contributed by atoms with van der Waals surface area (Å²) in [6.45, 7) is -2.95. The zero-order valence-electron chi connectivity index (χ0n) is 15.3. The van der Waals surface area contributed by atoms with E-state index >= 15 is 0 Å². The monoisotopic (exact) mass is 396 g/mol. The van der Waals surface area contributed by atoms with Gasteiger partial charge in [-0.25, -0.2) is 0 Å². The predicted octanol–water partition coefficient (Wildman–Crippen LogP) is 4.23. The minimum absolute atomic E-state index is 0.0488. The number of nitrogens with two attached hydrogens (primary N) is 1. The van der Waals surface area contributed by atoms with Crippen LogP contribution in [0.25, 0.3) is 0 Å². The highest BCUT2D eigenvalue weighted by Crippen LogP contribution is 2.27. The van der Waals surface area contributed by atoms with Crippen molar-refractivity contribution in [2.75, 3.05) is 5.32 Å². The Labute approximate surface area is 166 Å². The molecule has 0 bridgehead atoms. The number of amides is 2. The van der Waals surface area contributed by atoms with Crippen molar-refractivity contribution < 1.29 is 23.1 Å². The van der Waals surface area contributed by atoms with Crippen molar-refractivity contribution in [1.82, 2.24) is 0 Å². The number of primary amides is 1. The van der Waals surface area contributed by atoms with Crippen molar-refractivity contribution in [3.05, 3.63) is 95.1 Å². The van der Waals surface area contributed by atoms with Gasteiger partial charge in [0.1, 0.15) is 5.75 Å². The van der Waals surface area contributed by atoms with E-state index in [9.17, 15) is 18.4 Å². The van der Waals surface area contributed by atoms with Gasteiger partial charge in [0.05, 0.1) is 0 Å². The predicted molar refractivity (Wildman–Crippen MR) is 105 cm³/mol. The van der Waals surface area contributed by atoms with Gasteiger partial charge in [0.25, 0.3) is 5.91 Å². The highest BCUT2D eigenvalue weighted by Gasteiger charge is 2.13. The number of hydrogen-bond donors (Lipinski definition) is 2. The van der Waals surface area contributed by atoms with Crippen molar-refractivity contribution >= 4 is 17.5 Å². The standard InChI is InChI=1S/C22H18F2N2O3/c23-22(24)29-19-11-10-18(13-17(19)12-14-4-2-1-3-5-14)26-21(28)16-8-6-15(7-9-16)20(25)27/h1-11,13,22H,12H2,(H2,25,27)(H,26,28). The first kappa shape index (κ1) is 20.0. The SMILES string of the molecule is NC(=O)c1ccc(C(=O)Nc2ccc(OC(F)F)c(Cc3ccccc3)c2)cc1. The second-order valence-corrected chi connectivity index (χ2v) is 6.26.